The molecule has 1 aliphatic rings. The Morgan fingerprint density at radius 1 is 1.35 bits per heavy atom. The average Bonchev–Trinajstić information content (AvgIpc) is 2.45. The van der Waals surface area contributed by atoms with Gasteiger partial charge in [0.1, 0.15) is 5.75 Å². The van der Waals surface area contributed by atoms with Gasteiger partial charge >= 0.3 is 0 Å². The quantitative estimate of drug-likeness (QED) is 0.864. The van der Waals surface area contributed by atoms with Gasteiger partial charge in [-0.05, 0) is 37.4 Å². The fourth-order valence-corrected chi connectivity index (χ4v) is 3.05. The maximum atomic E-state index is 5.43. The first-order valence-corrected chi connectivity index (χ1v) is 7.79. The van der Waals surface area contributed by atoms with E-state index < -0.39 is 0 Å². The van der Waals surface area contributed by atoms with E-state index in [1.807, 2.05) is 6.07 Å². The maximum absolute atomic E-state index is 5.43. The van der Waals surface area contributed by atoms with Crippen LogP contribution in [0.2, 0.25) is 0 Å². The highest BCUT2D eigenvalue weighted by atomic mass is 16.5. The Labute approximate surface area is 123 Å². The van der Waals surface area contributed by atoms with E-state index in [0.29, 0.717) is 12.1 Å². The van der Waals surface area contributed by atoms with Crippen molar-refractivity contribution in [3.8, 4) is 5.75 Å². The van der Waals surface area contributed by atoms with E-state index in [2.05, 4.69) is 42.3 Å². The molecule has 1 saturated heterocycles. The molecule has 3 nitrogen and oxygen atoms in total. The van der Waals surface area contributed by atoms with Gasteiger partial charge in [-0.15, -0.1) is 0 Å². The zero-order chi connectivity index (χ0) is 14.4. The third-order valence-electron chi connectivity index (χ3n) is 3.96. The van der Waals surface area contributed by atoms with E-state index in [0.717, 1.165) is 18.7 Å². The molecule has 2 rings (SSSR count). The molecule has 1 aliphatic heterocycles. The van der Waals surface area contributed by atoms with E-state index in [-0.39, 0.29) is 0 Å². The molecule has 20 heavy (non-hydrogen) atoms. The minimum absolute atomic E-state index is 0.578. The average molecular weight is 276 g/mol. The highest BCUT2D eigenvalue weighted by molar-refractivity contribution is 5.33. The summed E-state index contributed by atoms with van der Waals surface area (Å²) in [5, 5.41) is 3.67. The van der Waals surface area contributed by atoms with Crippen molar-refractivity contribution < 1.29 is 4.74 Å². The normalized spacial score (nSPS) is 20.3. The molecule has 0 aliphatic carbocycles. The Morgan fingerprint density at radius 3 is 2.90 bits per heavy atom. The molecule has 1 unspecified atom stereocenters. The molecule has 1 fully saturated rings. The number of methoxy groups -OCH3 is 1. The van der Waals surface area contributed by atoms with Crippen molar-refractivity contribution in [2.24, 2.45) is 0 Å². The second-order valence-corrected chi connectivity index (χ2v) is 6.02. The molecule has 1 heterocycles. The summed E-state index contributed by atoms with van der Waals surface area (Å²) >= 11 is 0. The Hall–Kier alpha value is -1.06. The van der Waals surface area contributed by atoms with Gasteiger partial charge < -0.3 is 15.0 Å². The minimum Gasteiger partial charge on any atom is -0.496 e. The van der Waals surface area contributed by atoms with Crippen LogP contribution in [-0.2, 0) is 6.42 Å². The van der Waals surface area contributed by atoms with Gasteiger partial charge in [0.25, 0.3) is 0 Å². The van der Waals surface area contributed by atoms with Gasteiger partial charge in [0, 0.05) is 25.2 Å². The molecular weight excluding hydrogens is 248 g/mol. The zero-order valence-corrected chi connectivity index (χ0v) is 13.1. The molecule has 3 heteroatoms. The van der Waals surface area contributed by atoms with Crippen molar-refractivity contribution in [3.05, 3.63) is 29.8 Å². The van der Waals surface area contributed by atoms with E-state index in [4.69, 9.17) is 4.74 Å². The SMILES string of the molecule is COc1ccccc1CCN1CCCC(NC(C)C)C1. The van der Waals surface area contributed by atoms with Crippen LogP contribution in [0.3, 0.4) is 0 Å². The van der Waals surface area contributed by atoms with Crippen LogP contribution in [0, 0.1) is 0 Å². The minimum atomic E-state index is 0.578. The predicted molar refractivity (Wildman–Crippen MR) is 84.4 cm³/mol. The Morgan fingerprint density at radius 2 is 2.15 bits per heavy atom. The molecule has 1 N–H and O–H groups in total. The van der Waals surface area contributed by atoms with Gasteiger partial charge in [-0.2, -0.15) is 0 Å². The molecule has 0 bridgehead atoms. The molecule has 0 radical (unpaired) electrons. The lowest BCUT2D eigenvalue weighted by Crippen LogP contribution is -2.48. The van der Waals surface area contributed by atoms with Crippen LogP contribution in [0.4, 0.5) is 0 Å². The van der Waals surface area contributed by atoms with Crippen molar-refractivity contribution in [1.82, 2.24) is 10.2 Å². The summed E-state index contributed by atoms with van der Waals surface area (Å²) in [7, 11) is 1.75. The summed E-state index contributed by atoms with van der Waals surface area (Å²) < 4.78 is 5.43. The van der Waals surface area contributed by atoms with Crippen molar-refractivity contribution in [2.45, 2.75) is 45.2 Å². The number of hydrogen-bond acceptors (Lipinski definition) is 3. The number of ether oxygens (including phenoxy) is 1. The van der Waals surface area contributed by atoms with Crippen molar-refractivity contribution in [2.75, 3.05) is 26.7 Å². The second kappa shape index (κ2) is 7.65. The predicted octanol–water partition coefficient (Wildman–Crippen LogP) is 2.70. The van der Waals surface area contributed by atoms with Gasteiger partial charge in [0.15, 0.2) is 0 Å². The summed E-state index contributed by atoms with van der Waals surface area (Å²) in [4.78, 5) is 2.58. The van der Waals surface area contributed by atoms with Crippen molar-refractivity contribution in [1.29, 1.82) is 0 Å². The molecule has 0 aromatic heterocycles. The highest BCUT2D eigenvalue weighted by Crippen LogP contribution is 2.19. The fraction of sp³-hybridized carbons (Fsp3) is 0.647. The van der Waals surface area contributed by atoms with E-state index in [1.165, 1.54) is 31.5 Å². The fourth-order valence-electron chi connectivity index (χ4n) is 3.05. The summed E-state index contributed by atoms with van der Waals surface area (Å²) in [5.41, 5.74) is 1.31. The lowest BCUT2D eigenvalue weighted by atomic mass is 10.0. The standard InChI is InChI=1S/C17H28N2O/c1-14(2)18-16-8-6-11-19(13-16)12-10-15-7-4-5-9-17(15)20-3/h4-5,7,9,14,16,18H,6,8,10-13H2,1-3H3. The van der Waals surface area contributed by atoms with Crippen LogP contribution in [0.15, 0.2) is 24.3 Å². The second-order valence-electron chi connectivity index (χ2n) is 6.02. The lowest BCUT2D eigenvalue weighted by molar-refractivity contribution is 0.187. The summed E-state index contributed by atoms with van der Waals surface area (Å²) in [6.07, 6.45) is 3.68. The first-order chi connectivity index (χ1) is 9.69. The third-order valence-corrected chi connectivity index (χ3v) is 3.96. The Balaban J connectivity index is 1.84. The summed E-state index contributed by atoms with van der Waals surface area (Å²) in [6, 6.07) is 9.58. The number of benzene rings is 1. The van der Waals surface area contributed by atoms with Crippen LogP contribution < -0.4 is 10.1 Å². The van der Waals surface area contributed by atoms with E-state index in [9.17, 15) is 0 Å². The number of likely N-dealkylation sites (tertiary alicyclic amines) is 1. The van der Waals surface area contributed by atoms with Crippen LogP contribution >= 0.6 is 0 Å². The number of nitrogens with zero attached hydrogens (tertiary/aromatic N) is 1. The first-order valence-electron chi connectivity index (χ1n) is 7.79. The van der Waals surface area contributed by atoms with Crippen molar-refractivity contribution in [3.63, 3.8) is 0 Å². The number of rotatable bonds is 6. The molecule has 112 valence electrons. The molecule has 0 amide bonds. The molecule has 0 spiro atoms. The third kappa shape index (κ3) is 4.50. The summed E-state index contributed by atoms with van der Waals surface area (Å²) in [5.74, 6) is 1.02. The zero-order valence-electron chi connectivity index (χ0n) is 13.1. The monoisotopic (exact) mass is 276 g/mol. The molecule has 1 aromatic rings. The number of piperidine rings is 1. The summed E-state index contributed by atoms with van der Waals surface area (Å²) in [6.45, 7) is 7.98. The maximum Gasteiger partial charge on any atom is 0.122 e. The Bertz CT molecular complexity index is 406. The number of nitrogens with one attached hydrogen (secondary N) is 1. The number of hydrogen-bond donors (Lipinski definition) is 1. The molecular formula is C17H28N2O. The van der Waals surface area contributed by atoms with Crippen molar-refractivity contribution >= 4 is 0 Å². The van der Waals surface area contributed by atoms with Gasteiger partial charge in [-0.25, -0.2) is 0 Å². The smallest absolute Gasteiger partial charge is 0.122 e. The van der Waals surface area contributed by atoms with Crippen LogP contribution in [0.1, 0.15) is 32.3 Å². The lowest BCUT2D eigenvalue weighted by Gasteiger charge is -2.34. The van der Waals surface area contributed by atoms with Crippen LogP contribution in [-0.4, -0.2) is 43.7 Å². The van der Waals surface area contributed by atoms with Gasteiger partial charge in [0.05, 0.1) is 7.11 Å². The molecule has 0 saturated carbocycles. The number of para-hydroxylation sites is 1. The van der Waals surface area contributed by atoms with E-state index in [1.54, 1.807) is 7.11 Å². The van der Waals surface area contributed by atoms with Gasteiger partial charge in [0.2, 0.25) is 0 Å². The van der Waals surface area contributed by atoms with Gasteiger partial charge in [-0.3, -0.25) is 0 Å². The first kappa shape index (κ1) is 15.3. The molecule has 1 atom stereocenters. The van der Waals surface area contributed by atoms with Crippen LogP contribution in [0.25, 0.3) is 0 Å². The van der Waals surface area contributed by atoms with E-state index >= 15 is 0 Å². The van der Waals surface area contributed by atoms with Crippen LogP contribution in [0.5, 0.6) is 5.75 Å². The molecule has 1 aromatic carbocycles. The topological polar surface area (TPSA) is 24.5 Å². The highest BCUT2D eigenvalue weighted by Gasteiger charge is 2.20. The largest absolute Gasteiger partial charge is 0.496 e. The Kier molecular flexibility index (Phi) is 5.86. The van der Waals surface area contributed by atoms with Gasteiger partial charge in [-0.1, -0.05) is 32.0 Å².